The summed E-state index contributed by atoms with van der Waals surface area (Å²) in [4.78, 5) is 29.8. The summed E-state index contributed by atoms with van der Waals surface area (Å²) in [6.07, 6.45) is 6.95. The highest BCUT2D eigenvalue weighted by Gasteiger charge is 2.34. The third kappa shape index (κ3) is 4.89. The first-order valence-corrected chi connectivity index (χ1v) is 12.5. The normalized spacial score (nSPS) is 15.3. The van der Waals surface area contributed by atoms with Crippen LogP contribution < -0.4 is 5.32 Å². The predicted molar refractivity (Wildman–Crippen MR) is 129 cm³/mol. The van der Waals surface area contributed by atoms with Gasteiger partial charge in [0.15, 0.2) is 0 Å². The lowest BCUT2D eigenvalue weighted by Crippen LogP contribution is -2.47. The van der Waals surface area contributed by atoms with Gasteiger partial charge in [0.05, 0.1) is 18.3 Å². The van der Waals surface area contributed by atoms with Crippen LogP contribution in [-0.4, -0.2) is 37.7 Å². The number of furan rings is 1. The van der Waals surface area contributed by atoms with Crippen molar-refractivity contribution in [1.29, 1.82) is 0 Å². The SMILES string of the molecule is O=C(NC1CCCCC1)C(c1cccs1)N(Cc1ccco1)C(=O)Cn1nnc2ccccc21. The maximum absolute atomic E-state index is 13.7. The Hall–Kier alpha value is -3.46. The fraction of sp³-hybridized carbons (Fsp3) is 0.360. The fourth-order valence-electron chi connectivity index (χ4n) is 4.55. The number of aromatic nitrogens is 3. The number of nitrogens with one attached hydrogen (secondary N) is 1. The number of para-hydroxylation sites is 1. The van der Waals surface area contributed by atoms with Gasteiger partial charge >= 0.3 is 0 Å². The van der Waals surface area contributed by atoms with Gasteiger partial charge in [-0.25, -0.2) is 4.68 Å². The number of hydrogen-bond acceptors (Lipinski definition) is 6. The van der Waals surface area contributed by atoms with E-state index in [1.54, 1.807) is 21.9 Å². The first-order valence-electron chi connectivity index (χ1n) is 11.6. The van der Waals surface area contributed by atoms with Gasteiger partial charge in [0, 0.05) is 10.9 Å². The highest BCUT2D eigenvalue weighted by atomic mass is 32.1. The molecule has 0 radical (unpaired) electrons. The molecular formula is C25H27N5O3S. The highest BCUT2D eigenvalue weighted by molar-refractivity contribution is 7.10. The summed E-state index contributed by atoms with van der Waals surface area (Å²) in [5.74, 6) is 0.228. The van der Waals surface area contributed by atoms with Gasteiger partial charge in [-0.05, 0) is 48.6 Å². The zero-order valence-electron chi connectivity index (χ0n) is 18.8. The van der Waals surface area contributed by atoms with Gasteiger partial charge in [-0.3, -0.25) is 9.59 Å². The Kier molecular flexibility index (Phi) is 6.71. The number of fused-ring (bicyclic) bond motifs is 1. The van der Waals surface area contributed by atoms with Crippen molar-refractivity contribution < 1.29 is 14.0 Å². The smallest absolute Gasteiger partial charge is 0.248 e. The van der Waals surface area contributed by atoms with Gasteiger partial charge in [-0.15, -0.1) is 16.4 Å². The van der Waals surface area contributed by atoms with Crippen molar-refractivity contribution in [1.82, 2.24) is 25.2 Å². The summed E-state index contributed by atoms with van der Waals surface area (Å²) in [5.41, 5.74) is 1.49. The molecule has 9 heteroatoms. The Morgan fingerprint density at radius 1 is 1.12 bits per heavy atom. The van der Waals surface area contributed by atoms with E-state index < -0.39 is 6.04 Å². The molecule has 1 N–H and O–H groups in total. The van der Waals surface area contributed by atoms with Crippen molar-refractivity contribution in [2.45, 2.75) is 57.3 Å². The van der Waals surface area contributed by atoms with E-state index >= 15 is 0 Å². The second kappa shape index (κ2) is 10.2. The van der Waals surface area contributed by atoms with E-state index in [9.17, 15) is 9.59 Å². The molecule has 2 amide bonds. The molecule has 1 aromatic carbocycles. The molecule has 3 heterocycles. The van der Waals surface area contributed by atoms with Crippen molar-refractivity contribution in [3.63, 3.8) is 0 Å². The molecule has 176 valence electrons. The Balaban J connectivity index is 1.46. The maximum Gasteiger partial charge on any atom is 0.248 e. The van der Waals surface area contributed by atoms with Crippen LogP contribution in [0.2, 0.25) is 0 Å². The number of thiophene rings is 1. The maximum atomic E-state index is 13.7. The fourth-order valence-corrected chi connectivity index (χ4v) is 5.38. The molecule has 0 spiro atoms. The van der Waals surface area contributed by atoms with Crippen molar-refractivity contribution >= 4 is 34.2 Å². The third-order valence-electron chi connectivity index (χ3n) is 6.26. The van der Waals surface area contributed by atoms with Crippen LogP contribution >= 0.6 is 11.3 Å². The van der Waals surface area contributed by atoms with Gasteiger partial charge in [0.1, 0.15) is 23.9 Å². The first kappa shape index (κ1) is 22.3. The molecular weight excluding hydrogens is 450 g/mol. The summed E-state index contributed by atoms with van der Waals surface area (Å²) >= 11 is 1.47. The van der Waals surface area contributed by atoms with Crippen molar-refractivity contribution in [3.8, 4) is 0 Å². The molecule has 1 aliphatic rings. The van der Waals surface area contributed by atoms with Crippen LogP contribution in [0.1, 0.15) is 48.8 Å². The molecule has 0 saturated heterocycles. The zero-order valence-corrected chi connectivity index (χ0v) is 19.6. The molecule has 3 aromatic heterocycles. The molecule has 0 aliphatic heterocycles. The minimum Gasteiger partial charge on any atom is -0.467 e. The van der Waals surface area contributed by atoms with Crippen LogP contribution in [0.5, 0.6) is 0 Å². The number of nitrogens with zero attached hydrogens (tertiary/aromatic N) is 4. The largest absolute Gasteiger partial charge is 0.467 e. The van der Waals surface area contributed by atoms with Crippen molar-refractivity contribution in [2.75, 3.05) is 0 Å². The average Bonchev–Trinajstić information content (AvgIpc) is 3.63. The van der Waals surface area contributed by atoms with Crippen LogP contribution in [0.15, 0.2) is 64.6 Å². The Morgan fingerprint density at radius 3 is 2.74 bits per heavy atom. The molecule has 1 saturated carbocycles. The zero-order chi connectivity index (χ0) is 23.3. The molecule has 34 heavy (non-hydrogen) atoms. The lowest BCUT2D eigenvalue weighted by Gasteiger charge is -2.32. The number of rotatable bonds is 8. The highest BCUT2D eigenvalue weighted by Crippen LogP contribution is 2.29. The molecule has 8 nitrogen and oxygen atoms in total. The second-order valence-corrected chi connectivity index (χ2v) is 9.58. The predicted octanol–water partition coefficient (Wildman–Crippen LogP) is 4.30. The van der Waals surface area contributed by atoms with Gasteiger partial charge in [0.2, 0.25) is 11.8 Å². The van der Waals surface area contributed by atoms with E-state index in [1.807, 2.05) is 47.8 Å². The number of amides is 2. The Labute approximate surface area is 201 Å². The lowest BCUT2D eigenvalue weighted by molar-refractivity contribution is -0.142. The summed E-state index contributed by atoms with van der Waals surface area (Å²) in [5, 5.41) is 13.5. The van der Waals surface area contributed by atoms with Gasteiger partial charge < -0.3 is 14.6 Å². The number of carbonyl (C=O) groups excluding carboxylic acids is 2. The number of carbonyl (C=O) groups is 2. The van der Waals surface area contributed by atoms with Gasteiger partial charge in [-0.1, -0.05) is 42.7 Å². The van der Waals surface area contributed by atoms with Crippen molar-refractivity contribution in [3.05, 3.63) is 70.8 Å². The quantitative estimate of drug-likeness (QED) is 0.408. The van der Waals surface area contributed by atoms with Crippen LogP contribution in [0.4, 0.5) is 0 Å². The van der Waals surface area contributed by atoms with E-state index in [-0.39, 0.29) is 30.9 Å². The summed E-state index contributed by atoms with van der Waals surface area (Å²) in [6, 6.07) is 14.3. The molecule has 5 rings (SSSR count). The third-order valence-corrected chi connectivity index (χ3v) is 7.18. The van der Waals surface area contributed by atoms with Crippen LogP contribution in [0, 0.1) is 0 Å². The van der Waals surface area contributed by atoms with E-state index in [0.717, 1.165) is 41.6 Å². The molecule has 4 aromatic rings. The molecule has 1 atom stereocenters. The first-order chi connectivity index (χ1) is 16.7. The van der Waals surface area contributed by atoms with E-state index in [1.165, 1.54) is 17.8 Å². The number of benzene rings is 1. The standard InChI is InChI=1S/C25H27N5O3S/c31-23(17-30-21-12-5-4-11-20(21)27-28-30)29(16-19-10-6-14-33-19)24(22-13-7-15-34-22)25(32)26-18-8-2-1-3-9-18/h4-7,10-15,18,24H,1-3,8-9,16-17H2,(H,26,32). The Bertz CT molecular complexity index is 1230. The number of hydrogen-bond donors (Lipinski definition) is 1. The van der Waals surface area contributed by atoms with E-state index in [2.05, 4.69) is 15.6 Å². The molecule has 1 fully saturated rings. The molecule has 0 bridgehead atoms. The Morgan fingerprint density at radius 2 is 1.97 bits per heavy atom. The van der Waals surface area contributed by atoms with E-state index in [0.29, 0.717) is 5.76 Å². The minimum atomic E-state index is -0.755. The van der Waals surface area contributed by atoms with Crippen LogP contribution in [-0.2, 0) is 22.7 Å². The minimum absolute atomic E-state index is 0.0280. The van der Waals surface area contributed by atoms with Gasteiger partial charge in [0.25, 0.3) is 0 Å². The topological polar surface area (TPSA) is 93.3 Å². The summed E-state index contributed by atoms with van der Waals surface area (Å²) < 4.78 is 7.14. The van der Waals surface area contributed by atoms with Crippen LogP contribution in [0.25, 0.3) is 11.0 Å². The lowest BCUT2D eigenvalue weighted by atomic mass is 9.95. The summed E-state index contributed by atoms with van der Waals surface area (Å²) in [7, 11) is 0. The molecule has 1 aliphatic carbocycles. The van der Waals surface area contributed by atoms with Crippen molar-refractivity contribution in [2.24, 2.45) is 0 Å². The second-order valence-electron chi connectivity index (χ2n) is 8.60. The van der Waals surface area contributed by atoms with Crippen LogP contribution in [0.3, 0.4) is 0 Å². The monoisotopic (exact) mass is 477 g/mol. The molecule has 1 unspecified atom stereocenters. The average molecular weight is 478 g/mol. The summed E-state index contributed by atoms with van der Waals surface area (Å²) in [6.45, 7) is 0.152. The van der Waals surface area contributed by atoms with Gasteiger partial charge in [-0.2, -0.15) is 0 Å². The van der Waals surface area contributed by atoms with E-state index in [4.69, 9.17) is 4.42 Å².